The van der Waals surface area contributed by atoms with Crippen molar-refractivity contribution in [2.75, 3.05) is 0 Å². The number of aryl methyl sites for hydroxylation is 1. The molecule has 0 amide bonds. The van der Waals surface area contributed by atoms with E-state index in [1.165, 1.54) is 6.07 Å². The Labute approximate surface area is 945 Å². The summed E-state index contributed by atoms with van der Waals surface area (Å²) in [6.45, 7) is -31.7. The molecule has 12 heteroatoms. The van der Waals surface area contributed by atoms with Gasteiger partial charge in [-0.25, -0.2) is 0 Å². The molecule has 0 fully saturated rings. The van der Waals surface area contributed by atoms with E-state index in [4.69, 9.17) is 126 Å². The molecule has 0 spiro atoms. The van der Waals surface area contributed by atoms with Crippen LogP contribution in [0.25, 0.3) is 0 Å². The lowest BCUT2D eigenvalue weighted by atomic mass is 9.68. The number of hydrogen-bond donors (Lipinski definition) is 6. The van der Waals surface area contributed by atoms with Gasteiger partial charge in [0, 0.05) is 195 Å². The predicted molar refractivity (Wildman–Crippen MR) is 572 cm³/mol. The van der Waals surface area contributed by atoms with Gasteiger partial charge >= 0.3 is 0 Å². The molecule has 0 radical (unpaired) electrons. The summed E-state index contributed by atoms with van der Waals surface area (Å²) in [6, 6.07) is -7.47. The van der Waals surface area contributed by atoms with Gasteiger partial charge in [-0.1, -0.05) is 188 Å². The number of hydrogen-bond acceptors (Lipinski definition) is 12. The summed E-state index contributed by atoms with van der Waals surface area (Å²) >= 11 is 0. The summed E-state index contributed by atoms with van der Waals surface area (Å²) in [5, 5.41) is 66.4. The van der Waals surface area contributed by atoms with Crippen LogP contribution in [0.3, 0.4) is 0 Å². The predicted octanol–water partition coefficient (Wildman–Crippen LogP) is 34.4. The Hall–Kier alpha value is -8.64. The summed E-state index contributed by atoms with van der Waals surface area (Å²) in [5.41, 5.74) is -26.3. The van der Waals surface area contributed by atoms with Crippen molar-refractivity contribution >= 4 is 0 Å². The molecule has 6 heterocycles. The highest BCUT2D eigenvalue weighted by Gasteiger charge is 2.52. The lowest BCUT2D eigenvalue weighted by Gasteiger charge is -2.46. The highest BCUT2D eigenvalue weighted by Crippen LogP contribution is 2.61. The van der Waals surface area contributed by atoms with Crippen LogP contribution in [0, 0.1) is 35.4 Å². The fourth-order valence-corrected chi connectivity index (χ4v) is 18.0. The van der Waals surface area contributed by atoms with Crippen molar-refractivity contribution in [3.05, 3.63) is 209 Å². The van der Waals surface area contributed by atoms with Crippen LogP contribution in [0.2, 0.25) is 0 Å². The molecule has 0 bridgehead atoms. The second-order valence-corrected chi connectivity index (χ2v) is 36.6. The van der Waals surface area contributed by atoms with Crippen molar-refractivity contribution < 1.29 is 167 Å². The minimum Gasteiger partial charge on any atom is -0.507 e. The zero-order valence-electron chi connectivity index (χ0n) is 159. The van der Waals surface area contributed by atoms with Crippen molar-refractivity contribution in [2.24, 2.45) is 35.4 Å². The standard InChI is InChI=1S/6C21H30O2/c6*1-5-6-7-8-15-12-18(22)20-16-11-14(2)9-10-17(16)21(3,4)23-19(20)13-15/h6*11-13,16-17,22H,5-10H2,1-4H3/t6*16-,17-/m111111/s1/i2D3,3D3,4D3,9D2,10D2,11D,12D,13D,16D,17D;3D3,4D3,9D2,10D2,11D,12D,13D,16D,17D;2D3,3D3,4D3,10D2,11D,12D,13D,16D,17D;2D3,3D3,4D3,9D2,12D,13D,16D;2D3,3D3,4D3,12D,13D,16D;8D2,9D2. The fourth-order valence-electron chi connectivity index (χ4n) is 18.0. The van der Waals surface area contributed by atoms with E-state index in [-0.39, 0.29) is 95.9 Å². The molecule has 18 rings (SSSR count). The van der Waals surface area contributed by atoms with E-state index in [0.717, 1.165) is 64.4 Å². The summed E-state index contributed by atoms with van der Waals surface area (Å²) in [4.78, 5) is 0. The van der Waals surface area contributed by atoms with E-state index >= 15 is 0 Å². The number of allylic oxidation sites excluding steroid dienone is 12. The number of aromatic hydroxyl groups is 6. The van der Waals surface area contributed by atoms with Crippen LogP contribution < -0.4 is 28.4 Å². The van der Waals surface area contributed by atoms with E-state index in [0.29, 0.717) is 99.2 Å². The Kier molecular flexibility index (Phi) is 14.5. The minimum atomic E-state index is -4.24. The molecular formula is C126H180O12. The first-order valence-corrected chi connectivity index (χ1v) is 47.4. The molecule has 0 saturated heterocycles. The van der Waals surface area contributed by atoms with E-state index in [9.17, 15) is 41.6 Å². The number of rotatable bonds is 24. The van der Waals surface area contributed by atoms with Gasteiger partial charge in [0.15, 0.2) is 0 Å². The number of fused-ring (bicyclic) bond motifs is 18. The average molecular weight is 1970 g/mol. The van der Waals surface area contributed by atoms with Gasteiger partial charge in [0.25, 0.3) is 0 Å². The van der Waals surface area contributed by atoms with E-state index in [1.807, 2.05) is 61.5 Å². The Morgan fingerprint density at radius 2 is 0.659 bits per heavy atom. The summed E-state index contributed by atoms with van der Waals surface area (Å²) < 4.78 is 697. The molecule has 6 aromatic carbocycles. The van der Waals surface area contributed by atoms with Crippen LogP contribution in [0.1, 0.15) is 568 Å². The van der Waals surface area contributed by atoms with Crippen LogP contribution in [0.5, 0.6) is 69.0 Å². The number of unbranched alkanes of at least 4 members (excludes halogenated alkanes) is 11. The average Bonchev–Trinajstić information content (AvgIpc) is 0.626. The Morgan fingerprint density at radius 3 is 1.07 bits per heavy atom. The number of benzene rings is 6. The van der Waals surface area contributed by atoms with E-state index in [2.05, 4.69) is 0 Å². The maximum atomic E-state index is 11.2. The lowest BCUT2D eigenvalue weighted by Crippen LogP contribution is -2.45. The van der Waals surface area contributed by atoms with Gasteiger partial charge in [-0.2, -0.15) is 0 Å². The normalized spacial score (nSPS) is 41.9. The topological polar surface area (TPSA) is 177 Å². The quantitative estimate of drug-likeness (QED) is 0.0250. The molecule has 138 heavy (non-hydrogen) atoms. The zero-order valence-corrected chi connectivity index (χ0v) is 79.6. The SMILES string of the molecule is [2H]C1([2H])C[C@@H]2[C@@H](C=C1C)c1c(O)cc(C([2H])([2H])CCCC)cc1OC2(C)C.[2H]C1=C(C([2H])([2H])[2H])C([2H])([2H])C([2H])([2H])[C@@]2([2H])C(C([2H])([2H])[2H])(C([2H])([2H])[2H])Oc3c([2H])c(CCCCC)c([2H])c(O)c3[C@]12[2H].[2H]C1=C(C([2H])([2H])[2H])CC([2H])([2H])[C@@]2([2H])C(C([2H])([2H])[2H])(C([2H])([2H])[2H])Oc3c([2H])c(CCCCC)c([2H])c(O)c3[C@]12[2H].[2H]C1=C(C)C([2H])([2H])C([2H])([2H])[C@@]2([2H])C(C([2H])([2H])[2H])(C([2H])([2H])[2H])Oc3c([2H])c(CCCCC)c([2H])c(O)c3[C@]12[2H].[2H]c1c(O)c2c(c([2H])c1CCCCC)OC(C([2H])([2H])[2H])(C([2H])([2H])[2H])[C@@H]1CC([2H])([2H])C(C([2H])([2H])[2H])=C[C@@]21[2H].[2H]c1c(O)c2c(c([2H])c1CCCCC)OC(C([2H])([2H])[2H])(C([2H])([2H])[2H])[C@@H]1CCC(C([2H])([2H])[2H])=C[C@@]21[2H]. The summed E-state index contributed by atoms with van der Waals surface area (Å²) in [6.07, 6.45) is -11.4. The van der Waals surface area contributed by atoms with Crippen LogP contribution in [0.15, 0.2) is 142 Å². The van der Waals surface area contributed by atoms with E-state index in [1.54, 1.807) is 13.0 Å². The van der Waals surface area contributed by atoms with Crippen LogP contribution in [-0.2, 0) is 38.5 Å². The molecule has 12 atom stereocenters. The molecule has 12 aliphatic rings. The molecular weight excluding hydrogens is 1710 g/mol. The highest BCUT2D eigenvalue weighted by molar-refractivity contribution is 5.60. The van der Waals surface area contributed by atoms with Crippen molar-refractivity contribution in [1.29, 1.82) is 0 Å². The van der Waals surface area contributed by atoms with E-state index < -0.39 is 439 Å². The van der Waals surface area contributed by atoms with Gasteiger partial charge < -0.3 is 59.1 Å². The molecule has 0 saturated carbocycles. The molecule has 0 unspecified atom stereocenters. The zero-order chi connectivity index (χ0) is 168. The van der Waals surface area contributed by atoms with Gasteiger partial charge in [-0.3, -0.25) is 0 Å². The van der Waals surface area contributed by atoms with Gasteiger partial charge in [-0.15, -0.1) is 0 Å². The Bertz CT molecular complexity index is 9130. The third-order valence-corrected chi connectivity index (χ3v) is 25.1. The highest BCUT2D eigenvalue weighted by atomic mass is 16.5. The van der Waals surface area contributed by atoms with Crippen molar-refractivity contribution in [3.63, 3.8) is 0 Å². The molecule has 12 nitrogen and oxygen atoms in total. The molecule has 6 aliphatic heterocycles. The van der Waals surface area contributed by atoms with Gasteiger partial charge in [0.05, 0.1) is 17.8 Å². The second-order valence-electron chi connectivity index (χ2n) is 36.6. The number of ether oxygens (including phenoxy) is 6. The van der Waals surface area contributed by atoms with Crippen molar-refractivity contribution in [1.82, 2.24) is 0 Å². The third kappa shape index (κ3) is 25.0. The fraction of sp³-hybridized carbons (Fsp3) is 0.619. The number of phenolic OH excluding ortho intramolecular Hbond substituents is 6. The largest absolute Gasteiger partial charge is 0.507 e. The minimum absolute atomic E-state index is 0.00613. The monoisotopic (exact) mass is 1960 g/mol. The van der Waals surface area contributed by atoms with Gasteiger partial charge in [-0.05, 0) is 383 Å². The first-order chi connectivity index (χ1) is 97.3. The van der Waals surface area contributed by atoms with Crippen LogP contribution in [-0.4, -0.2) is 64.2 Å². The third-order valence-electron chi connectivity index (χ3n) is 25.1. The van der Waals surface area contributed by atoms with Crippen LogP contribution in [0.4, 0.5) is 0 Å². The molecule has 0 aromatic heterocycles. The maximum Gasteiger partial charge on any atom is 0.127 e. The Balaban J connectivity index is 0.000000208. The van der Waals surface area contributed by atoms with Crippen molar-refractivity contribution in [2.45, 2.75) is 465 Å². The first-order valence-electron chi connectivity index (χ1n) is 86.9. The molecule has 6 aliphatic carbocycles. The Morgan fingerprint density at radius 1 is 0.319 bits per heavy atom. The van der Waals surface area contributed by atoms with Gasteiger partial charge in [0.2, 0.25) is 0 Å². The molecule has 756 valence electrons. The van der Waals surface area contributed by atoms with Gasteiger partial charge in [0.1, 0.15) is 103 Å². The maximum absolute atomic E-state index is 11.2. The summed E-state index contributed by atoms with van der Waals surface area (Å²) in [5.74, 6) is -40.6. The molecule has 6 aromatic rings. The van der Waals surface area contributed by atoms with Crippen molar-refractivity contribution in [3.8, 4) is 69.0 Å². The smallest absolute Gasteiger partial charge is 0.127 e. The summed E-state index contributed by atoms with van der Waals surface area (Å²) in [7, 11) is 0. The second kappa shape index (κ2) is 45.7. The number of phenols is 6. The van der Waals surface area contributed by atoms with Crippen LogP contribution >= 0.6 is 0 Å². The molecule has 6 N–H and O–H groups in total. The first kappa shape index (κ1) is 43.9. The lowest BCUT2D eigenvalue weighted by molar-refractivity contribution is 0.0104.